The Kier molecular flexibility index (Phi) is 5.96. The molecule has 0 bridgehead atoms. The first-order valence-electron chi connectivity index (χ1n) is 10.4. The average Bonchev–Trinajstić information content (AvgIpc) is 2.80. The van der Waals surface area contributed by atoms with Gasteiger partial charge >= 0.3 is 0 Å². The predicted octanol–water partition coefficient (Wildman–Crippen LogP) is 3.53. The van der Waals surface area contributed by atoms with Gasteiger partial charge in [0.1, 0.15) is 0 Å². The van der Waals surface area contributed by atoms with Gasteiger partial charge in [0.2, 0.25) is 10.0 Å². The van der Waals surface area contributed by atoms with Crippen LogP contribution in [0.25, 0.3) is 10.9 Å². The summed E-state index contributed by atoms with van der Waals surface area (Å²) in [6, 6.07) is 10.00. The zero-order valence-corrected chi connectivity index (χ0v) is 18.6. The van der Waals surface area contributed by atoms with Crippen LogP contribution < -0.4 is 0 Å². The van der Waals surface area contributed by atoms with Gasteiger partial charge in [0, 0.05) is 37.3 Å². The van der Waals surface area contributed by atoms with Gasteiger partial charge < -0.3 is 4.90 Å². The number of amides is 1. The van der Waals surface area contributed by atoms with Crippen molar-refractivity contribution in [3.05, 3.63) is 70.9 Å². The molecule has 0 saturated carbocycles. The molecule has 0 unspecified atom stereocenters. The fourth-order valence-electron chi connectivity index (χ4n) is 4.05. The number of halogens is 2. The Hall–Kier alpha value is -2.91. The number of sulfonamides is 1. The van der Waals surface area contributed by atoms with Crippen molar-refractivity contribution in [2.45, 2.75) is 25.2 Å². The van der Waals surface area contributed by atoms with E-state index in [1.165, 1.54) is 4.31 Å². The van der Waals surface area contributed by atoms with Gasteiger partial charge in [-0.25, -0.2) is 17.2 Å². The summed E-state index contributed by atoms with van der Waals surface area (Å²) in [6.07, 6.45) is 0.692. The van der Waals surface area contributed by atoms with Crippen LogP contribution in [0.1, 0.15) is 28.5 Å². The van der Waals surface area contributed by atoms with E-state index in [9.17, 15) is 22.0 Å². The summed E-state index contributed by atoms with van der Waals surface area (Å²) >= 11 is 0. The van der Waals surface area contributed by atoms with Crippen LogP contribution >= 0.6 is 0 Å². The lowest BCUT2D eigenvalue weighted by Gasteiger charge is -2.34. The van der Waals surface area contributed by atoms with E-state index >= 15 is 0 Å². The number of rotatable bonds is 4. The normalized spacial score (nSPS) is 15.3. The second-order valence-corrected chi connectivity index (χ2v) is 9.64. The molecular weight excluding hydrogens is 436 g/mol. The third-order valence-electron chi connectivity index (χ3n) is 5.84. The van der Waals surface area contributed by atoms with Gasteiger partial charge in [0.15, 0.2) is 11.6 Å². The number of carbonyl (C=O) groups excluding carboxylic acids is 1. The minimum absolute atomic E-state index is 0.0652. The lowest BCUT2D eigenvalue weighted by atomic mass is 9.99. The molecule has 9 heteroatoms. The summed E-state index contributed by atoms with van der Waals surface area (Å²) in [5.41, 5.74) is 3.02. The van der Waals surface area contributed by atoms with Gasteiger partial charge in [-0.15, -0.1) is 0 Å². The molecule has 0 aliphatic carbocycles. The molecule has 32 heavy (non-hydrogen) atoms. The first-order chi connectivity index (χ1) is 15.2. The molecule has 4 rings (SSSR count). The monoisotopic (exact) mass is 459 g/mol. The van der Waals surface area contributed by atoms with E-state index in [4.69, 9.17) is 0 Å². The molecule has 1 aliphatic rings. The summed E-state index contributed by atoms with van der Waals surface area (Å²) < 4.78 is 53.6. The molecule has 0 radical (unpaired) electrons. The molecule has 1 amide bonds. The SMILES string of the molecule is CCc1nc2ccccc2c(C(=O)N2CCN(S(=O)(=O)c3ccc(F)c(F)c3)CC2)c1C. The van der Waals surface area contributed by atoms with E-state index in [2.05, 4.69) is 4.98 Å². The average molecular weight is 460 g/mol. The van der Waals surface area contributed by atoms with E-state index in [-0.39, 0.29) is 37.0 Å². The lowest BCUT2D eigenvalue weighted by molar-refractivity contribution is 0.0699. The van der Waals surface area contributed by atoms with Crippen molar-refractivity contribution in [3.8, 4) is 0 Å². The molecule has 0 spiro atoms. The molecule has 1 aliphatic heterocycles. The van der Waals surface area contributed by atoms with Crippen LogP contribution in [0.3, 0.4) is 0 Å². The fraction of sp³-hybridized carbons (Fsp3) is 0.304. The summed E-state index contributed by atoms with van der Waals surface area (Å²) in [5.74, 6) is -2.49. The van der Waals surface area contributed by atoms with E-state index < -0.39 is 21.7 Å². The molecule has 2 aromatic carbocycles. The number of hydrogen-bond donors (Lipinski definition) is 0. The Labute approximate surface area is 185 Å². The number of piperazine rings is 1. The fourth-order valence-corrected chi connectivity index (χ4v) is 5.49. The zero-order valence-electron chi connectivity index (χ0n) is 17.8. The van der Waals surface area contributed by atoms with Crippen LogP contribution in [0, 0.1) is 18.6 Å². The molecule has 0 N–H and O–H groups in total. The van der Waals surface area contributed by atoms with Gasteiger partial charge in [-0.05, 0) is 43.2 Å². The molecule has 1 fully saturated rings. The Bertz CT molecular complexity index is 1300. The second-order valence-electron chi connectivity index (χ2n) is 7.70. The first-order valence-corrected chi connectivity index (χ1v) is 11.8. The van der Waals surface area contributed by atoms with Crippen molar-refractivity contribution in [3.63, 3.8) is 0 Å². The summed E-state index contributed by atoms with van der Waals surface area (Å²) in [4.78, 5) is 19.4. The third-order valence-corrected chi connectivity index (χ3v) is 7.73. The Morgan fingerprint density at radius 2 is 1.72 bits per heavy atom. The Balaban J connectivity index is 1.58. The highest BCUT2D eigenvalue weighted by Crippen LogP contribution is 2.26. The third kappa shape index (κ3) is 3.86. The maximum atomic E-state index is 13.5. The Morgan fingerprint density at radius 3 is 2.38 bits per heavy atom. The molecule has 1 aromatic heterocycles. The number of pyridine rings is 1. The van der Waals surface area contributed by atoms with Gasteiger partial charge in [-0.2, -0.15) is 4.31 Å². The number of aromatic nitrogens is 1. The number of hydrogen-bond acceptors (Lipinski definition) is 4. The number of para-hydroxylation sites is 1. The van der Waals surface area contributed by atoms with E-state index in [0.29, 0.717) is 18.1 Å². The van der Waals surface area contributed by atoms with E-state index in [1.54, 1.807) is 4.90 Å². The number of fused-ring (bicyclic) bond motifs is 1. The van der Waals surface area contributed by atoms with Gasteiger partial charge in [0.25, 0.3) is 5.91 Å². The number of aryl methyl sites for hydroxylation is 1. The minimum Gasteiger partial charge on any atom is -0.336 e. The summed E-state index contributed by atoms with van der Waals surface area (Å²) in [6.45, 7) is 4.39. The van der Waals surface area contributed by atoms with Crippen LogP contribution in [0.4, 0.5) is 8.78 Å². The van der Waals surface area contributed by atoms with Crippen LogP contribution in [0.2, 0.25) is 0 Å². The number of carbonyl (C=O) groups is 1. The molecule has 3 aromatic rings. The topological polar surface area (TPSA) is 70.6 Å². The molecule has 6 nitrogen and oxygen atoms in total. The smallest absolute Gasteiger partial charge is 0.254 e. The van der Waals surface area contributed by atoms with Crippen molar-refractivity contribution >= 4 is 26.8 Å². The highest BCUT2D eigenvalue weighted by Gasteiger charge is 2.32. The Morgan fingerprint density at radius 1 is 1.03 bits per heavy atom. The number of benzene rings is 2. The summed E-state index contributed by atoms with van der Waals surface area (Å²) in [7, 11) is -3.99. The highest BCUT2D eigenvalue weighted by atomic mass is 32.2. The van der Waals surface area contributed by atoms with Crippen LogP contribution in [-0.2, 0) is 16.4 Å². The predicted molar refractivity (Wildman–Crippen MR) is 117 cm³/mol. The maximum absolute atomic E-state index is 13.5. The van der Waals surface area contributed by atoms with E-state index in [0.717, 1.165) is 34.3 Å². The standard InChI is InChI=1S/C23H23F2N3O3S/c1-3-20-15(2)22(17-6-4-5-7-21(17)26-20)23(29)27-10-12-28(13-11-27)32(30,31)16-8-9-18(24)19(25)14-16/h4-9,14H,3,10-13H2,1-2H3. The van der Waals surface area contributed by atoms with Crippen molar-refractivity contribution in [2.75, 3.05) is 26.2 Å². The maximum Gasteiger partial charge on any atom is 0.254 e. The zero-order chi connectivity index (χ0) is 23.0. The highest BCUT2D eigenvalue weighted by molar-refractivity contribution is 7.89. The molecule has 1 saturated heterocycles. The first kappa shape index (κ1) is 22.3. The lowest BCUT2D eigenvalue weighted by Crippen LogP contribution is -2.50. The molecule has 2 heterocycles. The van der Waals surface area contributed by atoms with Crippen molar-refractivity contribution < 1.29 is 22.0 Å². The molecular formula is C23H23F2N3O3S. The van der Waals surface area contributed by atoms with Gasteiger partial charge in [-0.1, -0.05) is 25.1 Å². The van der Waals surface area contributed by atoms with Gasteiger partial charge in [-0.3, -0.25) is 9.78 Å². The van der Waals surface area contributed by atoms with Gasteiger partial charge in [0.05, 0.1) is 16.0 Å². The quantitative estimate of drug-likeness (QED) is 0.599. The molecule has 168 valence electrons. The van der Waals surface area contributed by atoms with Crippen LogP contribution in [-0.4, -0.2) is 54.7 Å². The van der Waals surface area contributed by atoms with Crippen molar-refractivity contribution in [2.24, 2.45) is 0 Å². The minimum atomic E-state index is -3.99. The van der Waals surface area contributed by atoms with Crippen LogP contribution in [0.5, 0.6) is 0 Å². The van der Waals surface area contributed by atoms with Crippen molar-refractivity contribution in [1.82, 2.24) is 14.2 Å². The second kappa shape index (κ2) is 8.55. The molecule has 0 atom stereocenters. The van der Waals surface area contributed by atoms with E-state index in [1.807, 2.05) is 38.1 Å². The largest absolute Gasteiger partial charge is 0.336 e. The summed E-state index contributed by atoms with van der Waals surface area (Å²) in [5, 5.41) is 0.768. The van der Waals surface area contributed by atoms with Crippen LogP contribution in [0.15, 0.2) is 47.4 Å². The van der Waals surface area contributed by atoms with Crippen molar-refractivity contribution in [1.29, 1.82) is 0 Å². The number of nitrogens with zero attached hydrogens (tertiary/aromatic N) is 3.